The van der Waals surface area contributed by atoms with Crippen molar-refractivity contribution in [3.8, 4) is 0 Å². The predicted molar refractivity (Wildman–Crippen MR) is 68.1 cm³/mol. The molecule has 2 amide bonds. The zero-order valence-corrected chi connectivity index (χ0v) is 11.1. The normalized spacial score (nSPS) is 19.2. The molecule has 0 saturated carbocycles. The van der Waals surface area contributed by atoms with Gasteiger partial charge in [-0.05, 0) is 19.3 Å². The van der Waals surface area contributed by atoms with Crippen molar-refractivity contribution < 1.29 is 9.59 Å². The van der Waals surface area contributed by atoms with Crippen molar-refractivity contribution in [1.82, 2.24) is 25.2 Å². The summed E-state index contributed by atoms with van der Waals surface area (Å²) in [6.45, 7) is 1.16. The molecule has 1 N–H and O–H groups in total. The summed E-state index contributed by atoms with van der Waals surface area (Å²) in [5, 5.41) is 10.1. The summed E-state index contributed by atoms with van der Waals surface area (Å²) in [6.07, 6.45) is 6.34. The lowest BCUT2D eigenvalue weighted by Gasteiger charge is -2.34. The summed E-state index contributed by atoms with van der Waals surface area (Å²) in [6, 6.07) is -0.318. The highest BCUT2D eigenvalue weighted by Crippen LogP contribution is 2.18. The number of nitrogens with zero attached hydrogens (tertiary/aromatic N) is 4. The molecule has 1 saturated heterocycles. The van der Waals surface area contributed by atoms with Gasteiger partial charge in [-0.2, -0.15) is 0 Å². The number of rotatable bonds is 4. The lowest BCUT2D eigenvalue weighted by atomic mass is 10.0. The summed E-state index contributed by atoms with van der Waals surface area (Å²) in [7, 11) is 1.61. The average molecular weight is 265 g/mol. The van der Waals surface area contributed by atoms with Crippen LogP contribution in [0.4, 0.5) is 0 Å². The molecular weight excluding hydrogens is 246 g/mol. The molecule has 104 valence electrons. The Bertz CT molecular complexity index is 431. The fourth-order valence-electron chi connectivity index (χ4n) is 2.38. The maximum absolute atomic E-state index is 12.2. The molecule has 1 fully saturated rings. The van der Waals surface area contributed by atoms with E-state index >= 15 is 0 Å². The summed E-state index contributed by atoms with van der Waals surface area (Å²) in [4.78, 5) is 25.7. The number of carbonyl (C=O) groups excluding carboxylic acids is 2. The first-order chi connectivity index (χ1) is 9.22. The Morgan fingerprint density at radius 3 is 2.95 bits per heavy atom. The molecule has 0 bridgehead atoms. The van der Waals surface area contributed by atoms with Crippen molar-refractivity contribution in [3.05, 3.63) is 12.4 Å². The second kappa shape index (κ2) is 6.31. The number of piperidine rings is 1. The molecule has 2 rings (SSSR count). The Kier molecular flexibility index (Phi) is 4.48. The van der Waals surface area contributed by atoms with Crippen LogP contribution < -0.4 is 5.32 Å². The second-order valence-electron chi connectivity index (χ2n) is 4.63. The van der Waals surface area contributed by atoms with Gasteiger partial charge >= 0.3 is 0 Å². The van der Waals surface area contributed by atoms with Crippen LogP contribution >= 0.6 is 0 Å². The lowest BCUT2D eigenvalue weighted by molar-refractivity contribution is -0.142. The average Bonchev–Trinajstić information content (AvgIpc) is 2.97. The zero-order valence-electron chi connectivity index (χ0n) is 11.1. The summed E-state index contributed by atoms with van der Waals surface area (Å²) in [5.41, 5.74) is 0. The van der Waals surface area contributed by atoms with Crippen LogP contribution in [0.2, 0.25) is 0 Å². The van der Waals surface area contributed by atoms with Crippen molar-refractivity contribution in [1.29, 1.82) is 0 Å². The third-order valence-electron chi connectivity index (χ3n) is 3.40. The largest absolute Gasteiger partial charge is 0.357 e. The SMILES string of the molecule is CNC(=O)C1CCCCN1C(=O)CCn1ccnn1. The van der Waals surface area contributed by atoms with E-state index in [0.29, 0.717) is 19.5 Å². The highest BCUT2D eigenvalue weighted by Gasteiger charge is 2.31. The van der Waals surface area contributed by atoms with Crippen LogP contribution in [0.25, 0.3) is 0 Å². The van der Waals surface area contributed by atoms with Crippen LogP contribution in [0.3, 0.4) is 0 Å². The molecule has 7 nitrogen and oxygen atoms in total. The molecule has 0 aliphatic carbocycles. The first-order valence-electron chi connectivity index (χ1n) is 6.57. The number of carbonyl (C=O) groups is 2. The number of amides is 2. The van der Waals surface area contributed by atoms with Gasteiger partial charge in [0.05, 0.1) is 12.7 Å². The zero-order chi connectivity index (χ0) is 13.7. The highest BCUT2D eigenvalue weighted by molar-refractivity contribution is 5.87. The number of hydrogen-bond acceptors (Lipinski definition) is 4. The van der Waals surface area contributed by atoms with E-state index in [2.05, 4.69) is 15.6 Å². The summed E-state index contributed by atoms with van der Waals surface area (Å²) in [5.74, 6) is -0.0717. The third-order valence-corrected chi connectivity index (χ3v) is 3.40. The van der Waals surface area contributed by atoms with E-state index in [9.17, 15) is 9.59 Å². The quantitative estimate of drug-likeness (QED) is 0.817. The summed E-state index contributed by atoms with van der Waals surface area (Å²) < 4.78 is 1.62. The van der Waals surface area contributed by atoms with Gasteiger partial charge in [-0.15, -0.1) is 5.10 Å². The van der Waals surface area contributed by atoms with Gasteiger partial charge in [0.25, 0.3) is 0 Å². The van der Waals surface area contributed by atoms with E-state index in [0.717, 1.165) is 19.3 Å². The molecular formula is C12H19N5O2. The molecule has 1 atom stereocenters. The van der Waals surface area contributed by atoms with Gasteiger partial charge in [0, 0.05) is 26.2 Å². The van der Waals surface area contributed by atoms with Crippen LogP contribution in [-0.2, 0) is 16.1 Å². The molecule has 1 unspecified atom stereocenters. The van der Waals surface area contributed by atoms with Gasteiger partial charge in [0.15, 0.2) is 0 Å². The van der Waals surface area contributed by atoms with Crippen molar-refractivity contribution in [2.75, 3.05) is 13.6 Å². The minimum atomic E-state index is -0.318. The molecule has 1 aliphatic heterocycles. The van der Waals surface area contributed by atoms with Gasteiger partial charge in [0.2, 0.25) is 11.8 Å². The van der Waals surface area contributed by atoms with Crippen LogP contribution in [0, 0.1) is 0 Å². The van der Waals surface area contributed by atoms with E-state index in [1.807, 2.05) is 0 Å². The fraction of sp³-hybridized carbons (Fsp3) is 0.667. The number of aryl methyl sites for hydroxylation is 1. The molecule has 19 heavy (non-hydrogen) atoms. The van der Waals surface area contributed by atoms with Gasteiger partial charge in [-0.3, -0.25) is 14.3 Å². The Labute approximate surface area is 112 Å². The number of nitrogens with one attached hydrogen (secondary N) is 1. The summed E-state index contributed by atoms with van der Waals surface area (Å²) >= 11 is 0. The van der Waals surface area contributed by atoms with Crippen molar-refractivity contribution in [3.63, 3.8) is 0 Å². The monoisotopic (exact) mass is 265 g/mol. The highest BCUT2D eigenvalue weighted by atomic mass is 16.2. The number of aromatic nitrogens is 3. The van der Waals surface area contributed by atoms with Crippen LogP contribution in [0.1, 0.15) is 25.7 Å². The number of likely N-dealkylation sites (tertiary alicyclic amines) is 1. The molecule has 2 heterocycles. The predicted octanol–water partition coefficient (Wildman–Crippen LogP) is -0.205. The van der Waals surface area contributed by atoms with E-state index < -0.39 is 0 Å². The standard InChI is InChI=1S/C12H19N5O2/c1-13-12(19)10-4-2-3-7-17(10)11(18)5-8-16-9-6-14-15-16/h6,9-10H,2-5,7-8H2,1H3,(H,13,19). The van der Waals surface area contributed by atoms with Crippen molar-refractivity contribution >= 4 is 11.8 Å². The van der Waals surface area contributed by atoms with E-state index in [1.165, 1.54) is 0 Å². The minimum Gasteiger partial charge on any atom is -0.357 e. The maximum atomic E-state index is 12.2. The van der Waals surface area contributed by atoms with Crippen molar-refractivity contribution in [2.24, 2.45) is 0 Å². The second-order valence-corrected chi connectivity index (χ2v) is 4.63. The maximum Gasteiger partial charge on any atom is 0.242 e. The first-order valence-corrected chi connectivity index (χ1v) is 6.57. The van der Waals surface area contributed by atoms with E-state index in [1.54, 1.807) is 29.0 Å². The van der Waals surface area contributed by atoms with E-state index in [-0.39, 0.29) is 17.9 Å². The Morgan fingerprint density at radius 1 is 1.42 bits per heavy atom. The Morgan fingerprint density at radius 2 is 2.26 bits per heavy atom. The van der Waals surface area contributed by atoms with Gasteiger partial charge < -0.3 is 10.2 Å². The van der Waals surface area contributed by atoms with Crippen LogP contribution in [0.15, 0.2) is 12.4 Å². The minimum absolute atomic E-state index is 0.00352. The van der Waals surface area contributed by atoms with Crippen LogP contribution in [0.5, 0.6) is 0 Å². The smallest absolute Gasteiger partial charge is 0.242 e. The first kappa shape index (κ1) is 13.5. The Balaban J connectivity index is 1.93. The molecule has 0 spiro atoms. The third kappa shape index (κ3) is 3.30. The molecule has 0 radical (unpaired) electrons. The van der Waals surface area contributed by atoms with Gasteiger partial charge in [0.1, 0.15) is 6.04 Å². The topological polar surface area (TPSA) is 80.1 Å². The van der Waals surface area contributed by atoms with Gasteiger partial charge in [-0.1, -0.05) is 5.21 Å². The van der Waals surface area contributed by atoms with E-state index in [4.69, 9.17) is 0 Å². The molecule has 1 aromatic rings. The molecule has 7 heteroatoms. The number of likely N-dealkylation sites (N-methyl/N-ethyl adjacent to an activating group) is 1. The van der Waals surface area contributed by atoms with Crippen molar-refractivity contribution in [2.45, 2.75) is 38.3 Å². The van der Waals surface area contributed by atoms with Crippen LogP contribution in [-0.4, -0.2) is 51.3 Å². The molecule has 1 aliphatic rings. The fourth-order valence-corrected chi connectivity index (χ4v) is 2.38. The lowest BCUT2D eigenvalue weighted by Crippen LogP contribution is -2.51. The molecule has 0 aromatic carbocycles. The Hall–Kier alpha value is -1.92. The number of hydrogen-bond donors (Lipinski definition) is 1. The molecule has 1 aromatic heterocycles. The van der Waals surface area contributed by atoms with Gasteiger partial charge in [-0.25, -0.2) is 0 Å².